The zero-order chi connectivity index (χ0) is 11.8. The fraction of sp³-hybridized carbons (Fsp3) is 0.818. The molecule has 0 aliphatic rings. The summed E-state index contributed by atoms with van der Waals surface area (Å²) in [5, 5.41) is 5.49. The van der Waals surface area contributed by atoms with E-state index in [0.717, 1.165) is 6.42 Å². The lowest BCUT2D eigenvalue weighted by Crippen LogP contribution is -2.44. The number of hydrogen-bond acceptors (Lipinski definition) is 3. The van der Waals surface area contributed by atoms with E-state index >= 15 is 0 Å². The third kappa shape index (κ3) is 5.52. The van der Waals surface area contributed by atoms with Crippen molar-refractivity contribution in [2.24, 2.45) is 5.92 Å². The molecule has 0 aliphatic carbocycles. The number of Topliss-reactive ketones (excluding diaryl/α,β-unsaturated/α-hetero) is 1. The van der Waals surface area contributed by atoms with Crippen molar-refractivity contribution >= 4 is 11.7 Å². The summed E-state index contributed by atoms with van der Waals surface area (Å²) in [5.41, 5.74) is 0. The van der Waals surface area contributed by atoms with E-state index in [1.807, 2.05) is 20.8 Å². The Morgan fingerprint density at radius 1 is 1.27 bits per heavy atom. The SMILES string of the molecule is CCCC(NC)C(=O)C(=O)NCC(C)C. The summed E-state index contributed by atoms with van der Waals surface area (Å²) < 4.78 is 0. The van der Waals surface area contributed by atoms with Gasteiger partial charge in [-0.15, -0.1) is 0 Å². The molecule has 0 saturated carbocycles. The summed E-state index contributed by atoms with van der Waals surface area (Å²) in [7, 11) is 1.70. The van der Waals surface area contributed by atoms with Crippen molar-refractivity contribution in [3.8, 4) is 0 Å². The number of likely N-dealkylation sites (N-methyl/N-ethyl adjacent to an activating group) is 1. The minimum atomic E-state index is -0.475. The van der Waals surface area contributed by atoms with Gasteiger partial charge in [0.2, 0.25) is 5.78 Å². The summed E-state index contributed by atoms with van der Waals surface area (Å²) in [6.07, 6.45) is 1.58. The second-order valence-electron chi connectivity index (χ2n) is 4.10. The predicted molar refractivity (Wildman–Crippen MR) is 60.6 cm³/mol. The quantitative estimate of drug-likeness (QED) is 0.614. The van der Waals surface area contributed by atoms with Gasteiger partial charge in [-0.3, -0.25) is 9.59 Å². The molecule has 0 bridgehead atoms. The first kappa shape index (κ1) is 14.1. The number of carbonyl (C=O) groups is 2. The lowest BCUT2D eigenvalue weighted by molar-refractivity contribution is -0.139. The third-order valence-corrected chi connectivity index (χ3v) is 2.14. The van der Waals surface area contributed by atoms with Gasteiger partial charge in [0, 0.05) is 6.54 Å². The minimum absolute atomic E-state index is 0.345. The second kappa shape index (κ2) is 7.40. The lowest BCUT2D eigenvalue weighted by Gasteiger charge is -2.14. The van der Waals surface area contributed by atoms with Gasteiger partial charge in [0.15, 0.2) is 0 Å². The molecule has 0 aromatic carbocycles. The van der Waals surface area contributed by atoms with Gasteiger partial charge >= 0.3 is 0 Å². The average molecular weight is 214 g/mol. The van der Waals surface area contributed by atoms with Gasteiger partial charge in [0.25, 0.3) is 5.91 Å². The Kier molecular flexibility index (Phi) is 6.96. The van der Waals surface area contributed by atoms with Crippen LogP contribution in [-0.2, 0) is 9.59 Å². The van der Waals surface area contributed by atoms with Crippen LogP contribution in [0.2, 0.25) is 0 Å². The van der Waals surface area contributed by atoms with Crippen LogP contribution in [0.1, 0.15) is 33.6 Å². The lowest BCUT2D eigenvalue weighted by atomic mass is 10.1. The van der Waals surface area contributed by atoms with E-state index in [0.29, 0.717) is 18.9 Å². The number of amides is 1. The fourth-order valence-corrected chi connectivity index (χ4v) is 1.24. The summed E-state index contributed by atoms with van der Waals surface area (Å²) in [6.45, 7) is 6.52. The highest BCUT2D eigenvalue weighted by Crippen LogP contribution is 1.98. The molecule has 4 nitrogen and oxygen atoms in total. The molecule has 0 fully saturated rings. The molecule has 1 amide bonds. The van der Waals surface area contributed by atoms with Gasteiger partial charge in [-0.05, 0) is 19.4 Å². The van der Waals surface area contributed by atoms with Crippen molar-refractivity contribution in [1.82, 2.24) is 10.6 Å². The average Bonchev–Trinajstić information content (AvgIpc) is 2.21. The summed E-state index contributed by atoms with van der Waals surface area (Å²) in [4.78, 5) is 23.0. The second-order valence-corrected chi connectivity index (χ2v) is 4.10. The molecule has 2 N–H and O–H groups in total. The molecule has 1 atom stereocenters. The van der Waals surface area contributed by atoms with Gasteiger partial charge < -0.3 is 10.6 Å². The number of carbonyl (C=O) groups excluding carboxylic acids is 2. The molecule has 0 radical (unpaired) electrons. The van der Waals surface area contributed by atoms with Gasteiger partial charge in [-0.1, -0.05) is 27.2 Å². The number of rotatable bonds is 7. The van der Waals surface area contributed by atoms with Crippen molar-refractivity contribution in [2.45, 2.75) is 39.7 Å². The van der Waals surface area contributed by atoms with E-state index in [9.17, 15) is 9.59 Å². The molecule has 0 saturated heterocycles. The third-order valence-electron chi connectivity index (χ3n) is 2.14. The molecule has 0 spiro atoms. The first-order valence-corrected chi connectivity index (χ1v) is 5.52. The Bertz CT molecular complexity index is 215. The van der Waals surface area contributed by atoms with Crippen molar-refractivity contribution in [3.05, 3.63) is 0 Å². The topological polar surface area (TPSA) is 58.2 Å². The van der Waals surface area contributed by atoms with E-state index < -0.39 is 5.91 Å². The van der Waals surface area contributed by atoms with Gasteiger partial charge in [0.1, 0.15) is 0 Å². The Morgan fingerprint density at radius 3 is 2.27 bits per heavy atom. The van der Waals surface area contributed by atoms with Crippen molar-refractivity contribution in [1.29, 1.82) is 0 Å². The number of hydrogen-bond donors (Lipinski definition) is 2. The van der Waals surface area contributed by atoms with Crippen LogP contribution in [-0.4, -0.2) is 31.3 Å². The Labute approximate surface area is 91.8 Å². The van der Waals surface area contributed by atoms with Gasteiger partial charge in [-0.2, -0.15) is 0 Å². The molecule has 0 aliphatic heterocycles. The standard InChI is InChI=1S/C11H22N2O2/c1-5-6-9(12-4)10(14)11(15)13-7-8(2)3/h8-9,12H,5-7H2,1-4H3,(H,13,15). The monoisotopic (exact) mass is 214 g/mol. The van der Waals surface area contributed by atoms with Crippen molar-refractivity contribution in [2.75, 3.05) is 13.6 Å². The van der Waals surface area contributed by atoms with E-state index in [4.69, 9.17) is 0 Å². The van der Waals surface area contributed by atoms with Crippen LogP contribution in [0.3, 0.4) is 0 Å². The van der Waals surface area contributed by atoms with Crippen LogP contribution in [0.25, 0.3) is 0 Å². The Balaban J connectivity index is 4.10. The zero-order valence-electron chi connectivity index (χ0n) is 10.1. The van der Waals surface area contributed by atoms with E-state index in [1.54, 1.807) is 7.05 Å². The summed E-state index contributed by atoms with van der Waals surface area (Å²) >= 11 is 0. The summed E-state index contributed by atoms with van der Waals surface area (Å²) in [6, 6.07) is -0.345. The van der Waals surface area contributed by atoms with E-state index in [-0.39, 0.29) is 11.8 Å². The molecule has 88 valence electrons. The maximum Gasteiger partial charge on any atom is 0.289 e. The first-order valence-electron chi connectivity index (χ1n) is 5.52. The Hall–Kier alpha value is -0.900. The number of ketones is 1. The van der Waals surface area contributed by atoms with Gasteiger partial charge in [-0.25, -0.2) is 0 Å². The molecule has 1 unspecified atom stereocenters. The predicted octanol–water partition coefficient (Wildman–Crippen LogP) is 0.716. The highest BCUT2D eigenvalue weighted by Gasteiger charge is 2.22. The van der Waals surface area contributed by atoms with E-state index in [2.05, 4.69) is 10.6 Å². The molecule has 4 heteroatoms. The maximum absolute atomic E-state index is 11.6. The van der Waals surface area contributed by atoms with Crippen molar-refractivity contribution < 1.29 is 9.59 Å². The zero-order valence-corrected chi connectivity index (χ0v) is 10.1. The first-order chi connectivity index (χ1) is 7.02. The number of nitrogens with one attached hydrogen (secondary N) is 2. The minimum Gasteiger partial charge on any atom is -0.349 e. The highest BCUT2D eigenvalue weighted by atomic mass is 16.2. The van der Waals surface area contributed by atoms with E-state index in [1.165, 1.54) is 0 Å². The fourth-order valence-electron chi connectivity index (χ4n) is 1.24. The Morgan fingerprint density at radius 2 is 1.87 bits per heavy atom. The van der Waals surface area contributed by atoms with Crippen LogP contribution >= 0.6 is 0 Å². The van der Waals surface area contributed by atoms with Crippen molar-refractivity contribution in [3.63, 3.8) is 0 Å². The van der Waals surface area contributed by atoms with Crippen LogP contribution < -0.4 is 10.6 Å². The van der Waals surface area contributed by atoms with Crippen LogP contribution in [0.5, 0.6) is 0 Å². The molecule has 0 rings (SSSR count). The molecular weight excluding hydrogens is 192 g/mol. The van der Waals surface area contributed by atoms with Crippen LogP contribution in [0.15, 0.2) is 0 Å². The van der Waals surface area contributed by atoms with Crippen LogP contribution in [0, 0.1) is 5.92 Å². The van der Waals surface area contributed by atoms with Gasteiger partial charge in [0.05, 0.1) is 6.04 Å². The molecule has 0 aromatic heterocycles. The normalized spacial score (nSPS) is 12.6. The molecule has 15 heavy (non-hydrogen) atoms. The summed E-state index contributed by atoms with van der Waals surface area (Å²) in [5.74, 6) is -0.475. The molecular formula is C11H22N2O2. The largest absolute Gasteiger partial charge is 0.349 e. The maximum atomic E-state index is 11.6. The smallest absolute Gasteiger partial charge is 0.289 e. The van der Waals surface area contributed by atoms with Crippen LogP contribution in [0.4, 0.5) is 0 Å². The highest BCUT2D eigenvalue weighted by molar-refractivity contribution is 6.38. The molecule has 0 heterocycles. The molecule has 0 aromatic rings.